The number of rotatable bonds is 7. The SMILES string of the molecule is CC(C)(C)c1cc(NC(=O)NCc2ccccc2Sc2ccc3nnc(-c4ccccc4O)n3c2)n(-c2cccc(C(F)(F)F)c2)n1. The Balaban J connectivity index is 1.20. The van der Waals surface area contributed by atoms with Crippen LogP contribution in [-0.4, -0.2) is 35.5 Å². The monoisotopic (exact) mass is 657 g/mol. The molecule has 0 atom stereocenters. The van der Waals surface area contributed by atoms with Gasteiger partial charge in [0.1, 0.15) is 11.6 Å². The summed E-state index contributed by atoms with van der Waals surface area (Å²) in [5.41, 5.74) is 1.56. The van der Waals surface area contributed by atoms with Gasteiger partial charge in [0.15, 0.2) is 11.5 Å². The second kappa shape index (κ2) is 12.5. The van der Waals surface area contributed by atoms with Crippen LogP contribution in [0.25, 0.3) is 22.7 Å². The largest absolute Gasteiger partial charge is 0.507 e. The molecule has 0 radical (unpaired) electrons. The van der Waals surface area contributed by atoms with E-state index in [2.05, 4.69) is 25.9 Å². The molecule has 0 saturated carbocycles. The van der Waals surface area contributed by atoms with E-state index in [0.29, 0.717) is 22.7 Å². The molecule has 0 bridgehead atoms. The van der Waals surface area contributed by atoms with Gasteiger partial charge in [0.25, 0.3) is 0 Å². The third-order valence-electron chi connectivity index (χ3n) is 7.30. The molecule has 240 valence electrons. The van der Waals surface area contributed by atoms with Crippen LogP contribution in [-0.2, 0) is 18.1 Å². The van der Waals surface area contributed by atoms with Crippen LogP contribution in [0.15, 0.2) is 107 Å². The van der Waals surface area contributed by atoms with Crippen molar-refractivity contribution in [1.82, 2.24) is 29.7 Å². The van der Waals surface area contributed by atoms with Crippen molar-refractivity contribution < 1.29 is 23.1 Å². The zero-order valence-electron chi connectivity index (χ0n) is 25.6. The number of fused-ring (bicyclic) bond motifs is 1. The van der Waals surface area contributed by atoms with Gasteiger partial charge in [-0.2, -0.15) is 18.3 Å². The zero-order valence-corrected chi connectivity index (χ0v) is 26.4. The summed E-state index contributed by atoms with van der Waals surface area (Å²) >= 11 is 1.49. The number of aromatic hydroxyl groups is 1. The van der Waals surface area contributed by atoms with E-state index in [1.807, 2.05) is 73.8 Å². The first-order valence-electron chi connectivity index (χ1n) is 14.6. The molecule has 13 heteroatoms. The first-order chi connectivity index (χ1) is 22.4. The molecule has 0 saturated heterocycles. The lowest BCUT2D eigenvalue weighted by molar-refractivity contribution is -0.137. The lowest BCUT2D eigenvalue weighted by Crippen LogP contribution is -2.29. The van der Waals surface area contributed by atoms with Gasteiger partial charge >= 0.3 is 12.2 Å². The minimum Gasteiger partial charge on any atom is -0.507 e. The average Bonchev–Trinajstić information content (AvgIpc) is 3.65. The topological polar surface area (TPSA) is 109 Å². The number of carbonyl (C=O) groups is 1. The van der Waals surface area contributed by atoms with Crippen LogP contribution in [0.2, 0.25) is 0 Å². The minimum atomic E-state index is -4.53. The van der Waals surface area contributed by atoms with Gasteiger partial charge in [0.2, 0.25) is 0 Å². The number of halogens is 3. The van der Waals surface area contributed by atoms with Crippen LogP contribution < -0.4 is 10.6 Å². The third kappa shape index (κ3) is 6.94. The number of nitrogens with one attached hydrogen (secondary N) is 2. The van der Waals surface area contributed by atoms with E-state index in [1.165, 1.54) is 28.6 Å². The first-order valence-corrected chi connectivity index (χ1v) is 15.4. The number of carbonyl (C=O) groups excluding carboxylic acids is 1. The Kier molecular flexibility index (Phi) is 8.41. The molecule has 3 heterocycles. The van der Waals surface area contributed by atoms with Crippen LogP contribution >= 0.6 is 11.8 Å². The minimum absolute atomic E-state index is 0.0991. The Morgan fingerprint density at radius 2 is 1.68 bits per heavy atom. The Hall–Kier alpha value is -5.30. The number of alkyl halides is 3. The van der Waals surface area contributed by atoms with E-state index in [1.54, 1.807) is 24.3 Å². The molecule has 0 fully saturated rings. The standard InChI is InChI=1S/C34H30F3N7O2S/c1-33(2,3)28-18-30(44(42-28)23-11-8-10-22(17-23)34(35,36)37)39-32(46)38-19-21-9-4-7-14-27(21)47-24-15-16-29-40-41-31(43(29)20-24)25-12-5-6-13-26(25)45/h4-18,20,45H,19H2,1-3H3,(H2,38,39,46). The summed E-state index contributed by atoms with van der Waals surface area (Å²) in [7, 11) is 0. The molecule has 3 N–H and O–H groups in total. The van der Waals surface area contributed by atoms with Crippen molar-refractivity contribution in [2.45, 2.75) is 48.7 Å². The lowest BCUT2D eigenvalue weighted by Gasteiger charge is -2.14. The van der Waals surface area contributed by atoms with Crippen molar-refractivity contribution in [3.8, 4) is 22.8 Å². The molecule has 0 aliphatic rings. The fourth-order valence-corrected chi connectivity index (χ4v) is 5.80. The molecular weight excluding hydrogens is 627 g/mol. The van der Waals surface area contributed by atoms with Crippen molar-refractivity contribution in [3.63, 3.8) is 0 Å². The second-order valence-electron chi connectivity index (χ2n) is 11.8. The fraction of sp³-hybridized carbons (Fsp3) is 0.176. The predicted molar refractivity (Wildman–Crippen MR) is 174 cm³/mol. The molecule has 0 aliphatic carbocycles. The molecule has 3 aromatic carbocycles. The first kappa shape index (κ1) is 31.7. The number of pyridine rings is 1. The van der Waals surface area contributed by atoms with Gasteiger partial charge in [-0.3, -0.25) is 9.72 Å². The van der Waals surface area contributed by atoms with Gasteiger partial charge in [0.05, 0.1) is 22.5 Å². The second-order valence-corrected chi connectivity index (χ2v) is 12.9. The quantitative estimate of drug-likeness (QED) is 0.160. The Morgan fingerprint density at radius 3 is 2.45 bits per heavy atom. The van der Waals surface area contributed by atoms with Crippen molar-refractivity contribution in [2.24, 2.45) is 0 Å². The fourth-order valence-electron chi connectivity index (χ4n) is 4.84. The molecule has 6 rings (SSSR count). The van der Waals surface area contributed by atoms with E-state index in [9.17, 15) is 23.1 Å². The summed E-state index contributed by atoms with van der Waals surface area (Å²) in [4.78, 5) is 14.9. The average molecular weight is 658 g/mol. The number of phenolic OH excluding ortho intramolecular Hbond substituents is 1. The van der Waals surface area contributed by atoms with Crippen molar-refractivity contribution >= 4 is 29.3 Å². The number of aromatic nitrogens is 5. The summed E-state index contributed by atoms with van der Waals surface area (Å²) in [6.45, 7) is 5.96. The van der Waals surface area contributed by atoms with Gasteiger partial charge in [-0.25, -0.2) is 9.48 Å². The highest BCUT2D eigenvalue weighted by atomic mass is 32.2. The van der Waals surface area contributed by atoms with Crippen LogP contribution in [0.3, 0.4) is 0 Å². The van der Waals surface area contributed by atoms with Crippen molar-refractivity contribution in [1.29, 1.82) is 0 Å². The number of phenols is 1. The van der Waals surface area contributed by atoms with Crippen molar-refractivity contribution in [2.75, 3.05) is 5.32 Å². The Morgan fingerprint density at radius 1 is 0.915 bits per heavy atom. The van der Waals surface area contributed by atoms with E-state index in [-0.39, 0.29) is 23.8 Å². The highest BCUT2D eigenvalue weighted by molar-refractivity contribution is 7.99. The van der Waals surface area contributed by atoms with Crippen molar-refractivity contribution in [3.05, 3.63) is 114 Å². The summed E-state index contributed by atoms with van der Waals surface area (Å²) in [5, 5.41) is 29.0. The summed E-state index contributed by atoms with van der Waals surface area (Å²) < 4.78 is 43.5. The summed E-state index contributed by atoms with van der Waals surface area (Å²) in [6.07, 6.45) is -2.64. The molecule has 2 amide bonds. The number of benzene rings is 3. The van der Waals surface area contributed by atoms with Gasteiger partial charge in [0, 0.05) is 34.0 Å². The lowest BCUT2D eigenvalue weighted by atomic mass is 9.92. The molecular formula is C34H30F3N7O2S. The smallest absolute Gasteiger partial charge is 0.416 e. The van der Waals surface area contributed by atoms with Crippen LogP contribution in [0.4, 0.5) is 23.8 Å². The maximum absolute atomic E-state index is 13.5. The molecule has 9 nitrogen and oxygen atoms in total. The zero-order chi connectivity index (χ0) is 33.3. The molecule has 6 aromatic rings. The number of para-hydroxylation sites is 1. The highest BCUT2D eigenvalue weighted by Crippen LogP contribution is 2.34. The molecule has 0 aliphatic heterocycles. The number of amides is 2. The maximum atomic E-state index is 13.5. The number of hydrogen-bond donors (Lipinski definition) is 3. The van der Waals surface area contributed by atoms with Crippen LogP contribution in [0.5, 0.6) is 5.75 Å². The van der Waals surface area contributed by atoms with Crippen LogP contribution in [0.1, 0.15) is 37.6 Å². The van der Waals surface area contributed by atoms with Gasteiger partial charge < -0.3 is 10.4 Å². The maximum Gasteiger partial charge on any atom is 0.416 e. The van der Waals surface area contributed by atoms with E-state index < -0.39 is 23.2 Å². The molecule has 0 spiro atoms. The summed E-state index contributed by atoms with van der Waals surface area (Å²) in [5.74, 6) is 0.838. The van der Waals surface area contributed by atoms with E-state index >= 15 is 0 Å². The van der Waals surface area contributed by atoms with E-state index in [0.717, 1.165) is 27.5 Å². The third-order valence-corrected chi connectivity index (χ3v) is 8.39. The highest BCUT2D eigenvalue weighted by Gasteiger charge is 2.31. The Bertz CT molecular complexity index is 2080. The van der Waals surface area contributed by atoms with Gasteiger partial charge in [-0.15, -0.1) is 10.2 Å². The molecule has 0 unspecified atom stereocenters. The van der Waals surface area contributed by atoms with Crippen LogP contribution in [0, 0.1) is 0 Å². The summed E-state index contributed by atoms with van der Waals surface area (Å²) in [6, 6.07) is 24.2. The van der Waals surface area contributed by atoms with E-state index in [4.69, 9.17) is 0 Å². The van der Waals surface area contributed by atoms with Gasteiger partial charge in [-0.05, 0) is 54.1 Å². The number of urea groups is 1. The predicted octanol–water partition coefficient (Wildman–Crippen LogP) is 8.08. The number of nitrogens with zero attached hydrogens (tertiary/aromatic N) is 5. The number of hydrogen-bond acceptors (Lipinski definition) is 6. The molecule has 3 aromatic heterocycles. The molecule has 47 heavy (non-hydrogen) atoms. The normalized spacial score (nSPS) is 12.0. The number of anilines is 1. The van der Waals surface area contributed by atoms with Gasteiger partial charge in [-0.1, -0.05) is 68.9 Å². The Labute approximate surface area is 272 Å².